The fourth-order valence-corrected chi connectivity index (χ4v) is 2.59. The predicted octanol–water partition coefficient (Wildman–Crippen LogP) is 1.91. The van der Waals surface area contributed by atoms with Crippen LogP contribution in [0.1, 0.15) is 15.9 Å². The molecule has 10 heteroatoms. The molecule has 0 aliphatic heterocycles. The van der Waals surface area contributed by atoms with Crippen LogP contribution in [0.4, 0.5) is 18.9 Å². The van der Waals surface area contributed by atoms with Crippen molar-refractivity contribution in [2.45, 2.75) is 11.6 Å². The Balaban J connectivity index is 2.36. The minimum Gasteiger partial charge on any atom is -0.480 e. The van der Waals surface area contributed by atoms with E-state index in [1.54, 1.807) is 0 Å². The summed E-state index contributed by atoms with van der Waals surface area (Å²) in [6, 6.07) is 11.6. The van der Waals surface area contributed by atoms with Gasteiger partial charge in [-0.2, -0.15) is 13.2 Å². The quantitative estimate of drug-likeness (QED) is 0.439. The summed E-state index contributed by atoms with van der Waals surface area (Å²) in [5.74, 6) is -3.29. The molecular formula is C18H17F3N4O3. The topological polar surface area (TPSA) is 131 Å². The molecule has 0 aliphatic carbocycles. The van der Waals surface area contributed by atoms with Crippen molar-refractivity contribution in [1.82, 2.24) is 5.32 Å². The molecule has 0 aliphatic rings. The number of carboxylic acid groups (broad SMARTS) is 1. The van der Waals surface area contributed by atoms with Crippen molar-refractivity contribution in [3.05, 3.63) is 65.7 Å². The zero-order valence-corrected chi connectivity index (χ0v) is 14.4. The van der Waals surface area contributed by atoms with Crippen LogP contribution in [0.3, 0.4) is 0 Å². The van der Waals surface area contributed by atoms with Gasteiger partial charge in [0, 0.05) is 12.1 Å². The molecule has 0 bridgehead atoms. The van der Waals surface area contributed by atoms with Gasteiger partial charge in [-0.25, -0.2) is 4.99 Å². The number of alkyl halides is 3. The van der Waals surface area contributed by atoms with Gasteiger partial charge in [-0.3, -0.25) is 9.59 Å². The maximum atomic E-state index is 13.8. The van der Waals surface area contributed by atoms with Crippen LogP contribution < -0.4 is 16.8 Å². The van der Waals surface area contributed by atoms with Gasteiger partial charge >= 0.3 is 12.1 Å². The number of nitrogens with one attached hydrogen (secondary N) is 1. The number of hydrogen-bond donors (Lipinski definition) is 4. The van der Waals surface area contributed by atoms with Gasteiger partial charge in [0.2, 0.25) is 5.41 Å². The zero-order valence-electron chi connectivity index (χ0n) is 14.4. The van der Waals surface area contributed by atoms with Crippen LogP contribution in [-0.2, 0) is 10.2 Å². The van der Waals surface area contributed by atoms with E-state index in [0.717, 1.165) is 12.1 Å². The van der Waals surface area contributed by atoms with E-state index in [0.29, 0.717) is 0 Å². The standard InChI is InChI=1S/C18H17F3N4O3/c19-18(20,21)17(15(27)28,12-6-2-1-3-7-12)10-24-14(26)11-5-4-8-13(9-11)25-16(22)23/h1-9H,10H2,(H,24,26)(H,27,28)(H4,22,23,25). The number of rotatable bonds is 6. The number of halogens is 3. The van der Waals surface area contributed by atoms with Gasteiger partial charge < -0.3 is 21.9 Å². The molecule has 0 spiro atoms. The normalized spacial score (nSPS) is 13.2. The Morgan fingerprint density at radius 3 is 2.21 bits per heavy atom. The molecule has 0 radical (unpaired) electrons. The molecule has 0 fully saturated rings. The lowest BCUT2D eigenvalue weighted by atomic mass is 9.79. The summed E-state index contributed by atoms with van der Waals surface area (Å²) in [6.07, 6.45) is -5.16. The van der Waals surface area contributed by atoms with Crippen molar-refractivity contribution >= 4 is 23.5 Å². The molecule has 6 N–H and O–H groups in total. The average Bonchev–Trinajstić information content (AvgIpc) is 2.61. The first-order valence-electron chi connectivity index (χ1n) is 7.91. The third-order valence-corrected chi connectivity index (χ3v) is 4.00. The number of carboxylic acids is 1. The molecule has 7 nitrogen and oxygen atoms in total. The van der Waals surface area contributed by atoms with Crippen LogP contribution in [-0.4, -0.2) is 35.7 Å². The summed E-state index contributed by atoms with van der Waals surface area (Å²) in [5.41, 5.74) is 6.89. The van der Waals surface area contributed by atoms with Crippen LogP contribution in [0.25, 0.3) is 0 Å². The Bertz CT molecular complexity index is 896. The Kier molecular flexibility index (Phi) is 5.92. The summed E-state index contributed by atoms with van der Waals surface area (Å²) in [6.45, 7) is -1.19. The fourth-order valence-electron chi connectivity index (χ4n) is 2.59. The van der Waals surface area contributed by atoms with E-state index < -0.39 is 35.6 Å². The number of guanidine groups is 1. The number of hydrogen-bond acceptors (Lipinski definition) is 3. The van der Waals surface area contributed by atoms with Gasteiger partial charge in [0.1, 0.15) is 0 Å². The molecule has 0 saturated heterocycles. The molecule has 1 unspecified atom stereocenters. The van der Waals surface area contributed by atoms with E-state index in [9.17, 15) is 27.9 Å². The molecule has 28 heavy (non-hydrogen) atoms. The predicted molar refractivity (Wildman–Crippen MR) is 96.1 cm³/mol. The van der Waals surface area contributed by atoms with E-state index in [2.05, 4.69) is 10.3 Å². The first-order chi connectivity index (χ1) is 13.1. The van der Waals surface area contributed by atoms with Crippen LogP contribution in [0.15, 0.2) is 59.6 Å². The molecular weight excluding hydrogens is 377 g/mol. The Morgan fingerprint density at radius 2 is 1.68 bits per heavy atom. The van der Waals surface area contributed by atoms with E-state index >= 15 is 0 Å². The molecule has 148 valence electrons. The average molecular weight is 394 g/mol. The van der Waals surface area contributed by atoms with E-state index in [-0.39, 0.29) is 17.2 Å². The van der Waals surface area contributed by atoms with Gasteiger partial charge in [0.25, 0.3) is 5.91 Å². The highest BCUT2D eigenvalue weighted by Crippen LogP contribution is 2.41. The van der Waals surface area contributed by atoms with E-state index in [4.69, 9.17) is 11.5 Å². The maximum Gasteiger partial charge on any atom is 0.410 e. The summed E-state index contributed by atoms with van der Waals surface area (Å²) < 4.78 is 41.4. The Labute approximate surface area is 157 Å². The van der Waals surface area contributed by atoms with Crippen LogP contribution in [0.2, 0.25) is 0 Å². The minimum atomic E-state index is -5.16. The van der Waals surface area contributed by atoms with Gasteiger partial charge in [-0.05, 0) is 23.8 Å². The number of carbonyl (C=O) groups is 2. The number of carbonyl (C=O) groups excluding carboxylic acids is 1. The van der Waals surface area contributed by atoms with Crippen molar-refractivity contribution in [3.63, 3.8) is 0 Å². The number of aliphatic imine (C=N–C) groups is 1. The monoisotopic (exact) mass is 394 g/mol. The molecule has 2 aromatic carbocycles. The Hall–Kier alpha value is -3.56. The highest BCUT2D eigenvalue weighted by atomic mass is 19.4. The largest absolute Gasteiger partial charge is 0.480 e. The smallest absolute Gasteiger partial charge is 0.410 e. The number of amides is 1. The molecule has 1 atom stereocenters. The second-order valence-corrected chi connectivity index (χ2v) is 5.84. The van der Waals surface area contributed by atoms with Crippen molar-refractivity contribution in [2.24, 2.45) is 16.5 Å². The lowest BCUT2D eigenvalue weighted by Crippen LogP contribution is -2.56. The van der Waals surface area contributed by atoms with Gasteiger partial charge in [-0.15, -0.1) is 0 Å². The molecule has 1 amide bonds. The number of nitrogens with two attached hydrogens (primary N) is 2. The van der Waals surface area contributed by atoms with E-state index in [1.807, 2.05) is 0 Å². The molecule has 0 saturated carbocycles. The number of benzene rings is 2. The summed E-state index contributed by atoms with van der Waals surface area (Å²) >= 11 is 0. The highest BCUT2D eigenvalue weighted by Gasteiger charge is 2.62. The lowest BCUT2D eigenvalue weighted by Gasteiger charge is -2.32. The first kappa shape index (κ1) is 20.7. The van der Waals surface area contributed by atoms with Crippen molar-refractivity contribution in [3.8, 4) is 0 Å². The fraction of sp³-hybridized carbons (Fsp3) is 0.167. The highest BCUT2D eigenvalue weighted by molar-refractivity contribution is 5.96. The van der Waals surface area contributed by atoms with Crippen molar-refractivity contribution in [2.75, 3.05) is 6.54 Å². The SMILES string of the molecule is NC(N)=Nc1cccc(C(=O)NCC(C(=O)O)(c2ccccc2)C(F)(F)F)c1. The number of aliphatic carboxylic acids is 1. The van der Waals surface area contributed by atoms with Crippen molar-refractivity contribution in [1.29, 1.82) is 0 Å². The minimum absolute atomic E-state index is 0.0305. The van der Waals surface area contributed by atoms with Gasteiger partial charge in [0.05, 0.1) is 5.69 Å². The Morgan fingerprint density at radius 1 is 1.04 bits per heavy atom. The first-order valence-corrected chi connectivity index (χ1v) is 7.91. The molecule has 2 rings (SSSR count). The molecule has 0 heterocycles. The molecule has 2 aromatic rings. The summed E-state index contributed by atoms with van der Waals surface area (Å²) in [4.78, 5) is 27.7. The van der Waals surface area contributed by atoms with Crippen LogP contribution in [0.5, 0.6) is 0 Å². The van der Waals surface area contributed by atoms with Crippen LogP contribution in [0, 0.1) is 0 Å². The molecule has 0 aromatic heterocycles. The van der Waals surface area contributed by atoms with Crippen molar-refractivity contribution < 1.29 is 27.9 Å². The van der Waals surface area contributed by atoms with E-state index in [1.165, 1.54) is 42.5 Å². The van der Waals surface area contributed by atoms with Gasteiger partial charge in [-0.1, -0.05) is 36.4 Å². The third-order valence-electron chi connectivity index (χ3n) is 4.00. The maximum absolute atomic E-state index is 13.8. The number of nitrogens with zero attached hydrogens (tertiary/aromatic N) is 1. The summed E-state index contributed by atoms with van der Waals surface area (Å²) in [7, 11) is 0. The van der Waals surface area contributed by atoms with Crippen LogP contribution >= 0.6 is 0 Å². The zero-order chi connectivity index (χ0) is 20.9. The summed E-state index contributed by atoms with van der Waals surface area (Å²) in [5, 5.41) is 11.5. The second-order valence-electron chi connectivity index (χ2n) is 5.84. The van der Waals surface area contributed by atoms with Gasteiger partial charge in [0.15, 0.2) is 5.96 Å². The third kappa shape index (κ3) is 4.22. The lowest BCUT2D eigenvalue weighted by molar-refractivity contribution is -0.204. The second kappa shape index (κ2) is 7.99.